The van der Waals surface area contributed by atoms with Gasteiger partial charge in [-0.1, -0.05) is 11.8 Å². The Morgan fingerprint density at radius 3 is 3.10 bits per heavy atom. The Bertz CT molecular complexity index is 529. The number of hydrogen-bond acceptors (Lipinski definition) is 4. The molecule has 2 rings (SSSR count). The van der Waals surface area contributed by atoms with Gasteiger partial charge in [-0.25, -0.2) is 0 Å². The lowest BCUT2D eigenvalue weighted by Crippen LogP contribution is -2.32. The Morgan fingerprint density at radius 2 is 2.45 bits per heavy atom. The summed E-state index contributed by atoms with van der Waals surface area (Å²) < 4.78 is 0. The van der Waals surface area contributed by atoms with E-state index in [1.807, 2.05) is 23.4 Å². The highest BCUT2D eigenvalue weighted by molar-refractivity contribution is 7.10. The summed E-state index contributed by atoms with van der Waals surface area (Å²) in [6.45, 7) is 3.37. The highest BCUT2D eigenvalue weighted by Gasteiger charge is 2.23. The first-order chi connectivity index (χ1) is 9.60. The van der Waals surface area contributed by atoms with Crippen molar-refractivity contribution >= 4 is 17.2 Å². The predicted octanol–water partition coefficient (Wildman–Crippen LogP) is 1.08. The third-order valence-electron chi connectivity index (χ3n) is 3.53. The van der Waals surface area contributed by atoms with Crippen molar-refractivity contribution in [1.82, 2.24) is 9.80 Å². The number of carbonyl (C=O) groups is 1. The van der Waals surface area contributed by atoms with Crippen molar-refractivity contribution in [2.75, 3.05) is 40.3 Å². The van der Waals surface area contributed by atoms with E-state index in [1.165, 1.54) is 17.8 Å². The van der Waals surface area contributed by atoms with E-state index < -0.39 is 0 Å². The highest BCUT2D eigenvalue weighted by atomic mass is 32.1. The first kappa shape index (κ1) is 15.0. The summed E-state index contributed by atoms with van der Waals surface area (Å²) >= 11 is 1.49. The van der Waals surface area contributed by atoms with Crippen LogP contribution in [0.4, 0.5) is 0 Å². The smallest absolute Gasteiger partial charge is 0.254 e. The van der Waals surface area contributed by atoms with Crippen molar-refractivity contribution in [2.45, 2.75) is 6.42 Å². The molecule has 0 aliphatic carbocycles. The van der Waals surface area contributed by atoms with Crippen LogP contribution in [-0.2, 0) is 0 Å². The molecule has 5 heteroatoms. The quantitative estimate of drug-likeness (QED) is 0.848. The van der Waals surface area contributed by atoms with Gasteiger partial charge in [0.1, 0.15) is 0 Å². The summed E-state index contributed by atoms with van der Waals surface area (Å²) in [5.74, 6) is 6.44. The third kappa shape index (κ3) is 3.83. The van der Waals surface area contributed by atoms with Crippen LogP contribution >= 0.6 is 11.3 Å². The minimum absolute atomic E-state index is 0.0802. The van der Waals surface area contributed by atoms with Gasteiger partial charge in [-0.2, -0.15) is 0 Å². The van der Waals surface area contributed by atoms with Gasteiger partial charge in [0, 0.05) is 25.5 Å². The molecule has 1 unspecified atom stereocenters. The van der Waals surface area contributed by atoms with E-state index in [0.717, 1.165) is 30.1 Å². The Hall–Kier alpha value is -1.35. The molecule has 20 heavy (non-hydrogen) atoms. The van der Waals surface area contributed by atoms with Crippen LogP contribution in [0.5, 0.6) is 0 Å². The van der Waals surface area contributed by atoms with Crippen molar-refractivity contribution in [3.8, 4) is 11.8 Å². The van der Waals surface area contributed by atoms with Crippen molar-refractivity contribution in [3.63, 3.8) is 0 Å². The molecule has 1 aliphatic heterocycles. The number of likely N-dealkylation sites (tertiary alicyclic amines) is 1. The molecular weight excluding hydrogens is 270 g/mol. The Balaban J connectivity index is 1.94. The van der Waals surface area contributed by atoms with Crippen LogP contribution in [0.1, 0.15) is 21.7 Å². The molecule has 1 fully saturated rings. The van der Waals surface area contributed by atoms with Gasteiger partial charge in [0.05, 0.1) is 17.0 Å². The van der Waals surface area contributed by atoms with Crippen LogP contribution in [0.2, 0.25) is 0 Å². The van der Waals surface area contributed by atoms with Gasteiger partial charge >= 0.3 is 0 Å². The summed E-state index contributed by atoms with van der Waals surface area (Å²) in [6.07, 6.45) is 1.17. The van der Waals surface area contributed by atoms with Crippen LogP contribution in [0.15, 0.2) is 11.4 Å². The molecule has 0 saturated carbocycles. The molecule has 108 valence electrons. The zero-order valence-electron chi connectivity index (χ0n) is 12.1. The van der Waals surface area contributed by atoms with E-state index in [1.54, 1.807) is 0 Å². The molecule has 0 bridgehead atoms. The van der Waals surface area contributed by atoms with Crippen molar-refractivity contribution in [3.05, 3.63) is 21.9 Å². The van der Waals surface area contributed by atoms with Gasteiger partial charge in [-0.05, 0) is 32.0 Å². The second-order valence-electron chi connectivity index (χ2n) is 5.31. The lowest BCUT2D eigenvalue weighted by molar-refractivity contribution is 0.0774. The van der Waals surface area contributed by atoms with Crippen molar-refractivity contribution < 1.29 is 4.79 Å². The fraction of sp³-hybridized carbons (Fsp3) is 0.533. The first-order valence-electron chi connectivity index (χ1n) is 6.81. The van der Waals surface area contributed by atoms with Gasteiger partial charge in [-0.15, -0.1) is 11.3 Å². The highest BCUT2D eigenvalue weighted by Crippen LogP contribution is 2.18. The largest absolute Gasteiger partial charge is 0.341 e. The summed E-state index contributed by atoms with van der Waals surface area (Å²) in [5.41, 5.74) is 6.07. The lowest BCUT2D eigenvalue weighted by Gasteiger charge is -2.20. The van der Waals surface area contributed by atoms with Gasteiger partial charge in [-0.3, -0.25) is 4.79 Å². The Labute approximate surface area is 124 Å². The normalized spacial score (nSPS) is 18.6. The molecule has 2 N–H and O–H groups in total. The average molecular weight is 291 g/mol. The standard InChI is InChI=1S/C15H21N3OS/c1-17-7-5-12(9-17)10-18(2)15(19)13-8-14(20-11-13)4-3-6-16/h8,11-12H,5-7,9-10,16H2,1-2H3. The lowest BCUT2D eigenvalue weighted by atomic mass is 10.1. The molecule has 1 aromatic heterocycles. The molecular formula is C15H21N3OS. The molecule has 1 atom stereocenters. The molecule has 1 saturated heterocycles. The van der Waals surface area contributed by atoms with Gasteiger partial charge in [0.15, 0.2) is 0 Å². The molecule has 1 aromatic rings. The number of carbonyl (C=O) groups excluding carboxylic acids is 1. The fourth-order valence-corrected chi connectivity index (χ4v) is 3.27. The topological polar surface area (TPSA) is 49.6 Å². The number of nitrogens with zero attached hydrogens (tertiary/aromatic N) is 2. The summed E-state index contributed by atoms with van der Waals surface area (Å²) in [7, 11) is 4.01. The minimum Gasteiger partial charge on any atom is -0.341 e. The summed E-state index contributed by atoms with van der Waals surface area (Å²) in [6, 6.07) is 1.85. The molecule has 1 amide bonds. The maximum Gasteiger partial charge on any atom is 0.254 e. The van der Waals surface area contributed by atoms with E-state index in [2.05, 4.69) is 23.8 Å². The van der Waals surface area contributed by atoms with Crippen molar-refractivity contribution in [1.29, 1.82) is 0 Å². The minimum atomic E-state index is 0.0802. The van der Waals surface area contributed by atoms with E-state index >= 15 is 0 Å². The molecule has 0 aromatic carbocycles. The van der Waals surface area contributed by atoms with Gasteiger partial charge < -0.3 is 15.5 Å². The monoisotopic (exact) mass is 291 g/mol. The Kier molecular flexibility index (Phi) is 5.18. The molecule has 0 radical (unpaired) electrons. The predicted molar refractivity (Wildman–Crippen MR) is 82.8 cm³/mol. The maximum atomic E-state index is 12.3. The number of amides is 1. The van der Waals surface area contributed by atoms with E-state index in [-0.39, 0.29) is 5.91 Å². The van der Waals surface area contributed by atoms with Crippen LogP contribution in [0.25, 0.3) is 0 Å². The van der Waals surface area contributed by atoms with Crippen LogP contribution in [-0.4, -0.2) is 56.0 Å². The molecule has 2 heterocycles. The van der Waals surface area contributed by atoms with Gasteiger partial charge in [0.25, 0.3) is 5.91 Å². The van der Waals surface area contributed by atoms with Crippen LogP contribution < -0.4 is 5.73 Å². The van der Waals surface area contributed by atoms with Crippen LogP contribution in [0, 0.1) is 17.8 Å². The maximum absolute atomic E-state index is 12.3. The zero-order chi connectivity index (χ0) is 14.5. The van der Waals surface area contributed by atoms with Gasteiger partial charge in [0.2, 0.25) is 0 Å². The molecule has 4 nitrogen and oxygen atoms in total. The second-order valence-corrected chi connectivity index (χ2v) is 6.22. The third-order valence-corrected chi connectivity index (χ3v) is 4.37. The fourth-order valence-electron chi connectivity index (χ4n) is 2.52. The molecule has 1 aliphatic rings. The van der Waals surface area contributed by atoms with E-state index in [9.17, 15) is 4.79 Å². The SMILES string of the molecule is CN1CCC(CN(C)C(=O)c2csc(C#CCN)c2)C1. The second kappa shape index (κ2) is 6.89. The number of hydrogen-bond donors (Lipinski definition) is 1. The number of rotatable bonds is 3. The van der Waals surface area contributed by atoms with Crippen molar-refractivity contribution in [2.24, 2.45) is 11.7 Å². The summed E-state index contributed by atoms with van der Waals surface area (Å²) in [5, 5.41) is 1.88. The van der Waals surface area contributed by atoms with Crippen LogP contribution in [0.3, 0.4) is 0 Å². The average Bonchev–Trinajstić information content (AvgIpc) is 3.04. The number of thiophene rings is 1. The number of nitrogens with two attached hydrogens (primary N) is 1. The molecule has 0 spiro atoms. The van der Waals surface area contributed by atoms with E-state index in [0.29, 0.717) is 12.5 Å². The van der Waals surface area contributed by atoms with E-state index in [4.69, 9.17) is 5.73 Å². The first-order valence-corrected chi connectivity index (χ1v) is 7.69. The Morgan fingerprint density at radius 1 is 1.65 bits per heavy atom. The summed E-state index contributed by atoms with van der Waals surface area (Å²) in [4.78, 5) is 17.4. The zero-order valence-corrected chi connectivity index (χ0v) is 12.9.